The van der Waals surface area contributed by atoms with Crippen LogP contribution in [0.1, 0.15) is 52.9 Å². The van der Waals surface area contributed by atoms with Gasteiger partial charge in [0.25, 0.3) is 5.91 Å². The highest BCUT2D eigenvalue weighted by molar-refractivity contribution is 6.20. The van der Waals surface area contributed by atoms with Crippen LogP contribution in [0.2, 0.25) is 0 Å². The van der Waals surface area contributed by atoms with Crippen molar-refractivity contribution in [2.75, 3.05) is 4.90 Å². The van der Waals surface area contributed by atoms with Gasteiger partial charge in [0.1, 0.15) is 0 Å². The van der Waals surface area contributed by atoms with Crippen molar-refractivity contribution in [2.45, 2.75) is 25.8 Å². The van der Waals surface area contributed by atoms with Gasteiger partial charge in [0.05, 0.1) is 17.2 Å². The molecule has 3 aromatic rings. The summed E-state index contributed by atoms with van der Waals surface area (Å²) in [6, 6.07) is 21.7. The van der Waals surface area contributed by atoms with Crippen LogP contribution in [0.15, 0.2) is 96.3 Å². The number of carboxylic acids is 1. The molecule has 0 fully saturated rings. The zero-order chi connectivity index (χ0) is 25.1. The molecule has 3 aromatic carbocycles. The number of allylic oxidation sites excluding steroid dienone is 1. The van der Waals surface area contributed by atoms with E-state index < -0.39 is 29.5 Å². The average Bonchev–Trinajstić information content (AvgIpc) is 3.13. The molecule has 6 heteroatoms. The minimum Gasteiger partial charge on any atom is -0.503 e. The fraction of sp³-hybridized carbons (Fsp3) is 0.138. The number of benzene rings is 3. The van der Waals surface area contributed by atoms with Gasteiger partial charge in [0.2, 0.25) is 0 Å². The topological polar surface area (TPSA) is 94.9 Å². The summed E-state index contributed by atoms with van der Waals surface area (Å²) in [6.45, 7) is 4.12. The number of nitrogens with zero attached hydrogens (tertiary/aromatic N) is 1. The predicted molar refractivity (Wildman–Crippen MR) is 134 cm³/mol. The van der Waals surface area contributed by atoms with Gasteiger partial charge < -0.3 is 10.2 Å². The zero-order valence-electron chi connectivity index (χ0n) is 19.4. The molecule has 0 aromatic heterocycles. The first kappa shape index (κ1) is 23.7. The Bertz CT molecular complexity index is 1340. The number of hydrogen-bond donors (Lipinski definition) is 2. The Morgan fingerprint density at radius 2 is 1.63 bits per heavy atom. The number of amides is 1. The summed E-state index contributed by atoms with van der Waals surface area (Å²) in [5.41, 5.74) is 2.72. The average molecular weight is 468 g/mol. The number of carbonyl (C=O) groups is 3. The Morgan fingerprint density at radius 3 is 2.26 bits per heavy atom. The molecular formula is C29H25NO5. The van der Waals surface area contributed by atoms with Crippen molar-refractivity contribution < 1.29 is 24.6 Å². The molecule has 35 heavy (non-hydrogen) atoms. The van der Waals surface area contributed by atoms with Gasteiger partial charge in [-0.2, -0.15) is 0 Å². The number of aliphatic hydroxyl groups is 1. The molecule has 0 radical (unpaired) electrons. The number of aliphatic hydroxyl groups excluding tert-OH is 1. The van der Waals surface area contributed by atoms with Gasteiger partial charge in [-0.05, 0) is 46.9 Å². The quantitative estimate of drug-likeness (QED) is 0.435. The van der Waals surface area contributed by atoms with E-state index in [0.717, 1.165) is 11.1 Å². The van der Waals surface area contributed by atoms with E-state index in [1.165, 1.54) is 29.2 Å². The summed E-state index contributed by atoms with van der Waals surface area (Å²) in [6.07, 6.45) is 2.96. The van der Waals surface area contributed by atoms with Crippen molar-refractivity contribution in [3.05, 3.63) is 119 Å². The van der Waals surface area contributed by atoms with Crippen molar-refractivity contribution in [3.8, 4) is 0 Å². The van der Waals surface area contributed by atoms with E-state index in [4.69, 9.17) is 0 Å². The lowest BCUT2D eigenvalue weighted by Gasteiger charge is -2.27. The Balaban J connectivity index is 1.81. The Morgan fingerprint density at radius 1 is 0.943 bits per heavy atom. The third kappa shape index (κ3) is 4.77. The van der Waals surface area contributed by atoms with E-state index in [1.807, 2.05) is 54.6 Å². The maximum atomic E-state index is 13.3. The lowest BCUT2D eigenvalue weighted by molar-refractivity contribution is -0.117. The molecule has 2 N–H and O–H groups in total. The van der Waals surface area contributed by atoms with Crippen LogP contribution in [0.25, 0.3) is 6.08 Å². The van der Waals surface area contributed by atoms with Crippen molar-refractivity contribution in [1.29, 1.82) is 0 Å². The molecule has 1 unspecified atom stereocenters. The molecule has 0 aliphatic carbocycles. The van der Waals surface area contributed by atoms with Crippen LogP contribution in [0, 0.1) is 0 Å². The van der Waals surface area contributed by atoms with Crippen molar-refractivity contribution in [1.82, 2.24) is 0 Å². The molecule has 1 amide bonds. The molecule has 6 nitrogen and oxygen atoms in total. The molecule has 1 aliphatic rings. The van der Waals surface area contributed by atoms with Crippen LogP contribution >= 0.6 is 0 Å². The second kappa shape index (κ2) is 9.81. The fourth-order valence-corrected chi connectivity index (χ4v) is 4.12. The number of ketones is 1. The number of carboxylic acid groups (broad SMARTS) is 1. The third-order valence-electron chi connectivity index (χ3n) is 5.99. The monoisotopic (exact) mass is 467 g/mol. The standard InChI is InChI=1S/C29H25NO5/c1-18(2)20-12-14-21(15-13-20)26-25(24(31)16-11-19-7-4-3-5-8-19)27(32)28(33)30(26)23-10-6-9-22(17-23)29(34)35/h3-18,26,32H,1-2H3,(H,34,35). The highest BCUT2D eigenvalue weighted by Gasteiger charge is 2.43. The normalized spacial score (nSPS) is 15.9. The van der Waals surface area contributed by atoms with Gasteiger partial charge in [-0.3, -0.25) is 14.5 Å². The van der Waals surface area contributed by atoms with Crippen molar-refractivity contribution in [2.24, 2.45) is 0 Å². The summed E-state index contributed by atoms with van der Waals surface area (Å²) in [5.74, 6) is -2.77. The minimum absolute atomic E-state index is 0.00699. The number of aromatic carboxylic acids is 1. The Kier molecular flexibility index (Phi) is 6.64. The summed E-state index contributed by atoms with van der Waals surface area (Å²) in [4.78, 5) is 39.3. The van der Waals surface area contributed by atoms with Gasteiger partial charge >= 0.3 is 5.97 Å². The zero-order valence-corrected chi connectivity index (χ0v) is 19.4. The van der Waals surface area contributed by atoms with Crippen LogP contribution in [-0.4, -0.2) is 27.9 Å². The van der Waals surface area contributed by atoms with E-state index in [9.17, 15) is 24.6 Å². The number of anilines is 1. The van der Waals surface area contributed by atoms with Gasteiger partial charge in [-0.25, -0.2) is 4.79 Å². The van der Waals surface area contributed by atoms with Gasteiger partial charge in [-0.15, -0.1) is 0 Å². The molecule has 1 aliphatic heterocycles. The maximum Gasteiger partial charge on any atom is 0.335 e. The molecule has 0 bridgehead atoms. The Hall–Kier alpha value is -4.45. The van der Waals surface area contributed by atoms with Crippen LogP contribution in [0.5, 0.6) is 0 Å². The van der Waals surface area contributed by atoms with Gasteiger partial charge in [0.15, 0.2) is 11.5 Å². The Labute approximate surface area is 203 Å². The second-order valence-corrected chi connectivity index (χ2v) is 8.63. The molecule has 176 valence electrons. The van der Waals surface area contributed by atoms with Crippen molar-refractivity contribution >= 4 is 29.4 Å². The molecular weight excluding hydrogens is 442 g/mol. The van der Waals surface area contributed by atoms with Gasteiger partial charge in [-0.1, -0.05) is 80.6 Å². The van der Waals surface area contributed by atoms with Gasteiger partial charge in [0, 0.05) is 5.69 Å². The van der Waals surface area contributed by atoms with Crippen LogP contribution in [0.3, 0.4) is 0 Å². The summed E-state index contributed by atoms with van der Waals surface area (Å²) >= 11 is 0. The van der Waals surface area contributed by atoms with Crippen LogP contribution in [0.4, 0.5) is 5.69 Å². The van der Waals surface area contributed by atoms with E-state index in [0.29, 0.717) is 5.56 Å². The van der Waals surface area contributed by atoms with E-state index in [-0.39, 0.29) is 22.7 Å². The molecule has 4 rings (SSSR count). The minimum atomic E-state index is -1.14. The summed E-state index contributed by atoms with van der Waals surface area (Å²) < 4.78 is 0. The highest BCUT2D eigenvalue weighted by Crippen LogP contribution is 2.41. The maximum absolute atomic E-state index is 13.3. The highest BCUT2D eigenvalue weighted by atomic mass is 16.4. The number of rotatable bonds is 7. The summed E-state index contributed by atoms with van der Waals surface area (Å²) in [5, 5.41) is 20.3. The van der Waals surface area contributed by atoms with E-state index >= 15 is 0 Å². The van der Waals surface area contributed by atoms with Crippen molar-refractivity contribution in [3.63, 3.8) is 0 Å². The van der Waals surface area contributed by atoms with E-state index in [1.54, 1.807) is 12.1 Å². The first-order valence-corrected chi connectivity index (χ1v) is 11.2. The third-order valence-corrected chi connectivity index (χ3v) is 5.99. The predicted octanol–water partition coefficient (Wildman–Crippen LogP) is 5.69. The van der Waals surface area contributed by atoms with E-state index in [2.05, 4.69) is 13.8 Å². The SMILES string of the molecule is CC(C)c1ccc(C2C(C(=O)C=Cc3ccccc3)=C(O)C(=O)N2c2cccc(C(=O)O)c2)cc1. The summed E-state index contributed by atoms with van der Waals surface area (Å²) in [7, 11) is 0. The molecule has 0 saturated heterocycles. The molecule has 0 spiro atoms. The number of hydrogen-bond acceptors (Lipinski definition) is 4. The second-order valence-electron chi connectivity index (χ2n) is 8.63. The fourth-order valence-electron chi connectivity index (χ4n) is 4.12. The number of carbonyl (C=O) groups excluding carboxylic acids is 2. The molecule has 1 atom stereocenters. The lowest BCUT2D eigenvalue weighted by Crippen LogP contribution is -2.31. The first-order valence-electron chi connectivity index (χ1n) is 11.2. The van der Waals surface area contributed by atoms with Crippen LogP contribution in [-0.2, 0) is 9.59 Å². The molecule has 0 saturated carbocycles. The lowest BCUT2D eigenvalue weighted by atomic mass is 9.93. The van der Waals surface area contributed by atoms with Crippen LogP contribution < -0.4 is 4.90 Å². The smallest absolute Gasteiger partial charge is 0.335 e. The first-order chi connectivity index (χ1) is 16.8. The largest absolute Gasteiger partial charge is 0.503 e. The molecule has 1 heterocycles.